The largest absolute Gasteiger partial charge is 0.455 e. The van der Waals surface area contributed by atoms with Crippen molar-refractivity contribution >= 4 is 16.6 Å². The Morgan fingerprint density at radius 2 is 0.629 bits per heavy atom. The molecule has 0 aliphatic carbocycles. The minimum atomic E-state index is -1.70. The van der Waals surface area contributed by atoms with Gasteiger partial charge in [-0.1, -0.05) is 0 Å². The fourth-order valence-electron chi connectivity index (χ4n) is 3.42. The van der Waals surface area contributed by atoms with E-state index in [1.165, 1.54) is 0 Å². The molecule has 9 nitrogen and oxygen atoms in total. The summed E-state index contributed by atoms with van der Waals surface area (Å²) in [6, 6.07) is 2.22. The Bertz CT molecular complexity index is 405. The van der Waals surface area contributed by atoms with Gasteiger partial charge in [0.1, 0.15) is 0 Å². The summed E-state index contributed by atoms with van der Waals surface area (Å²) in [6.45, 7) is 18.0. The van der Waals surface area contributed by atoms with Crippen LogP contribution in [0.3, 0.4) is 0 Å². The lowest BCUT2D eigenvalue weighted by Crippen LogP contribution is -2.44. The van der Waals surface area contributed by atoms with E-state index in [1.807, 2.05) is 0 Å². The number of methoxy groups -OCH3 is 2. The standard InChI is InChI=1S/C24H54O9Si2/c1-25-11-13-29-19-21-31-17-15-27-9-7-23-34(3,4)33-35(5,6)24-8-10-28-16-18-32-22-20-30-14-12-26-2/h7-24H2,1-6H3. The summed E-state index contributed by atoms with van der Waals surface area (Å²) in [6.07, 6.45) is 2.06. The topological polar surface area (TPSA) is 83.1 Å². The molecule has 0 radical (unpaired) electrons. The van der Waals surface area contributed by atoms with Gasteiger partial charge in [-0.3, -0.25) is 0 Å². The minimum Gasteiger partial charge on any atom is -0.455 e. The van der Waals surface area contributed by atoms with Gasteiger partial charge in [-0.2, -0.15) is 0 Å². The molecule has 0 fully saturated rings. The van der Waals surface area contributed by atoms with Crippen LogP contribution in [0.15, 0.2) is 0 Å². The van der Waals surface area contributed by atoms with E-state index in [0.717, 1.165) is 38.1 Å². The Labute approximate surface area is 216 Å². The molecule has 35 heavy (non-hydrogen) atoms. The van der Waals surface area contributed by atoms with E-state index in [4.69, 9.17) is 42.0 Å². The summed E-state index contributed by atoms with van der Waals surface area (Å²) in [7, 11) is -0.0633. The maximum Gasteiger partial charge on any atom is 0.173 e. The molecule has 0 saturated carbocycles. The van der Waals surface area contributed by atoms with Crippen molar-refractivity contribution in [2.75, 3.05) is 107 Å². The SMILES string of the molecule is COCCOCCOCCOCCC[Si](C)(C)O[Si](C)(C)CCCOCCOCCOCCOC. The highest BCUT2D eigenvalue weighted by atomic mass is 28.4. The molecular formula is C24H54O9Si2. The second-order valence-corrected chi connectivity index (χ2v) is 18.3. The van der Waals surface area contributed by atoms with Crippen molar-refractivity contribution in [3.05, 3.63) is 0 Å². The van der Waals surface area contributed by atoms with Gasteiger partial charge in [-0.15, -0.1) is 0 Å². The summed E-state index contributed by atoms with van der Waals surface area (Å²) >= 11 is 0. The highest BCUT2D eigenvalue weighted by Crippen LogP contribution is 2.23. The Hall–Kier alpha value is 0.0738. The quantitative estimate of drug-likeness (QED) is 0.109. The molecule has 0 rings (SSSR count). The molecule has 0 amide bonds. The molecule has 0 aromatic heterocycles. The smallest absolute Gasteiger partial charge is 0.173 e. The first-order chi connectivity index (χ1) is 16.8. The van der Waals surface area contributed by atoms with Crippen LogP contribution >= 0.6 is 0 Å². The van der Waals surface area contributed by atoms with Gasteiger partial charge < -0.3 is 42.0 Å². The highest BCUT2D eigenvalue weighted by Gasteiger charge is 2.32. The number of hydrogen-bond donors (Lipinski definition) is 0. The molecule has 0 bridgehead atoms. The van der Waals surface area contributed by atoms with Gasteiger partial charge in [0.2, 0.25) is 0 Å². The molecule has 0 aromatic carbocycles. The van der Waals surface area contributed by atoms with Crippen LogP contribution in [0.2, 0.25) is 38.3 Å². The number of rotatable bonds is 28. The van der Waals surface area contributed by atoms with E-state index in [1.54, 1.807) is 14.2 Å². The van der Waals surface area contributed by atoms with Crippen molar-refractivity contribution in [3.63, 3.8) is 0 Å². The van der Waals surface area contributed by atoms with E-state index in [2.05, 4.69) is 26.2 Å². The lowest BCUT2D eigenvalue weighted by Gasteiger charge is -2.34. The first kappa shape index (κ1) is 35.1. The molecule has 0 unspecified atom stereocenters. The molecule has 0 aliphatic heterocycles. The fraction of sp³-hybridized carbons (Fsp3) is 1.00. The average Bonchev–Trinajstić information content (AvgIpc) is 2.79. The van der Waals surface area contributed by atoms with Gasteiger partial charge in [0.05, 0.1) is 79.3 Å². The maximum absolute atomic E-state index is 6.70. The van der Waals surface area contributed by atoms with Gasteiger partial charge in [0.15, 0.2) is 16.6 Å². The van der Waals surface area contributed by atoms with Gasteiger partial charge >= 0.3 is 0 Å². The molecular weight excluding hydrogens is 488 g/mol. The first-order valence-electron chi connectivity index (χ1n) is 13.0. The lowest BCUT2D eigenvalue weighted by atomic mass is 10.5. The Balaban J connectivity index is 3.60. The van der Waals surface area contributed by atoms with Crippen LogP contribution in [0.4, 0.5) is 0 Å². The monoisotopic (exact) mass is 542 g/mol. The predicted octanol–water partition coefficient (Wildman–Crippen LogP) is 3.59. The van der Waals surface area contributed by atoms with E-state index < -0.39 is 16.6 Å². The van der Waals surface area contributed by atoms with Crippen molar-refractivity contribution in [1.29, 1.82) is 0 Å². The molecule has 0 heterocycles. The van der Waals surface area contributed by atoms with Crippen molar-refractivity contribution < 1.29 is 42.0 Å². The summed E-state index contributed by atoms with van der Waals surface area (Å²) < 4.78 is 49.6. The second-order valence-electron chi connectivity index (χ2n) is 9.49. The molecule has 0 aromatic rings. The summed E-state index contributed by atoms with van der Waals surface area (Å²) in [4.78, 5) is 0. The highest BCUT2D eigenvalue weighted by molar-refractivity contribution is 6.84. The number of ether oxygens (including phenoxy) is 8. The van der Waals surface area contributed by atoms with Crippen molar-refractivity contribution in [3.8, 4) is 0 Å². The van der Waals surface area contributed by atoms with Crippen LogP contribution in [-0.4, -0.2) is 123 Å². The Morgan fingerprint density at radius 1 is 0.371 bits per heavy atom. The lowest BCUT2D eigenvalue weighted by molar-refractivity contribution is 0.00366. The molecule has 11 heteroatoms. The third kappa shape index (κ3) is 26.9. The molecule has 0 atom stereocenters. The van der Waals surface area contributed by atoms with Crippen molar-refractivity contribution in [2.24, 2.45) is 0 Å². The van der Waals surface area contributed by atoms with Gasteiger partial charge in [-0.25, -0.2) is 0 Å². The van der Waals surface area contributed by atoms with Crippen LogP contribution in [-0.2, 0) is 42.0 Å². The van der Waals surface area contributed by atoms with Crippen LogP contribution in [0, 0.1) is 0 Å². The second kappa shape index (κ2) is 24.4. The predicted molar refractivity (Wildman–Crippen MR) is 144 cm³/mol. The van der Waals surface area contributed by atoms with E-state index >= 15 is 0 Å². The summed E-state index contributed by atoms with van der Waals surface area (Å²) in [5.41, 5.74) is 0. The summed E-state index contributed by atoms with van der Waals surface area (Å²) in [5.74, 6) is 0. The van der Waals surface area contributed by atoms with E-state index in [9.17, 15) is 0 Å². The third-order valence-corrected chi connectivity index (χ3v) is 12.6. The van der Waals surface area contributed by atoms with Crippen LogP contribution in [0.1, 0.15) is 12.8 Å². The van der Waals surface area contributed by atoms with Crippen LogP contribution in [0.5, 0.6) is 0 Å². The molecule has 0 saturated heterocycles. The zero-order chi connectivity index (χ0) is 26.1. The zero-order valence-electron chi connectivity index (χ0n) is 23.4. The average molecular weight is 543 g/mol. The van der Waals surface area contributed by atoms with Gasteiger partial charge in [0.25, 0.3) is 0 Å². The van der Waals surface area contributed by atoms with Gasteiger partial charge in [0, 0.05) is 27.4 Å². The van der Waals surface area contributed by atoms with Crippen LogP contribution < -0.4 is 0 Å². The Morgan fingerprint density at radius 3 is 0.914 bits per heavy atom. The zero-order valence-corrected chi connectivity index (χ0v) is 25.4. The van der Waals surface area contributed by atoms with Crippen molar-refractivity contribution in [2.45, 2.75) is 51.1 Å². The fourth-order valence-corrected chi connectivity index (χ4v) is 12.2. The number of hydrogen-bond acceptors (Lipinski definition) is 9. The van der Waals surface area contributed by atoms with Crippen LogP contribution in [0.25, 0.3) is 0 Å². The first-order valence-corrected chi connectivity index (χ1v) is 19.2. The molecule has 0 N–H and O–H groups in total. The normalized spacial score (nSPS) is 12.5. The Kier molecular flexibility index (Phi) is 24.5. The molecule has 0 spiro atoms. The molecule has 0 aliphatic rings. The van der Waals surface area contributed by atoms with Crippen molar-refractivity contribution in [1.82, 2.24) is 0 Å². The third-order valence-electron chi connectivity index (χ3n) is 5.04. The summed E-state index contributed by atoms with van der Waals surface area (Å²) in [5, 5.41) is 0. The van der Waals surface area contributed by atoms with Gasteiger partial charge in [-0.05, 0) is 51.1 Å². The maximum atomic E-state index is 6.70. The van der Waals surface area contributed by atoms with E-state index in [-0.39, 0.29) is 0 Å². The van der Waals surface area contributed by atoms with E-state index in [0.29, 0.717) is 79.3 Å². The minimum absolute atomic E-state index is 0.588. The molecule has 212 valence electrons.